The lowest BCUT2D eigenvalue weighted by atomic mass is 10.0. The average molecular weight is 278 g/mol. The molecule has 1 fully saturated rings. The van der Waals surface area contributed by atoms with Crippen molar-refractivity contribution in [1.82, 2.24) is 9.88 Å². The molecule has 0 aromatic carbocycles. The summed E-state index contributed by atoms with van der Waals surface area (Å²) in [6, 6.07) is 2.98. The van der Waals surface area contributed by atoms with Gasteiger partial charge in [-0.15, -0.1) is 0 Å². The molecule has 1 amide bonds. The summed E-state index contributed by atoms with van der Waals surface area (Å²) in [6.07, 6.45) is 4.15. The van der Waals surface area contributed by atoms with Gasteiger partial charge in [0.15, 0.2) is 5.84 Å². The number of carbonyl (C=O) groups excluding carboxylic acids is 1. The second-order valence-corrected chi connectivity index (χ2v) is 4.75. The van der Waals surface area contributed by atoms with Crippen molar-refractivity contribution in [2.24, 2.45) is 10.9 Å². The molecule has 1 aliphatic rings. The molecule has 0 radical (unpaired) electrons. The number of rotatable bonds is 3. The largest absolute Gasteiger partial charge is 0.409 e. The Kier molecular flexibility index (Phi) is 4.52. The molecular weight excluding hydrogens is 260 g/mol. The Balaban J connectivity index is 2.16. The quantitative estimate of drug-likeness (QED) is 0.315. The van der Waals surface area contributed by atoms with Gasteiger partial charge in [-0.05, 0) is 31.4 Å². The molecule has 0 bridgehead atoms. The highest BCUT2D eigenvalue weighted by Crippen LogP contribution is 2.18. The van der Waals surface area contributed by atoms with Crippen molar-refractivity contribution in [2.75, 3.05) is 13.2 Å². The van der Waals surface area contributed by atoms with Crippen molar-refractivity contribution >= 4 is 11.7 Å². The summed E-state index contributed by atoms with van der Waals surface area (Å²) in [7, 11) is 0. The molecule has 108 valence electrons. The van der Waals surface area contributed by atoms with E-state index in [1.807, 2.05) is 0 Å². The number of carbonyl (C=O) groups is 1. The zero-order valence-corrected chi connectivity index (χ0v) is 11.1. The molecule has 1 atom stereocenters. The van der Waals surface area contributed by atoms with Crippen LogP contribution in [0.2, 0.25) is 0 Å². The van der Waals surface area contributed by atoms with Gasteiger partial charge in [0.2, 0.25) is 0 Å². The molecule has 2 heterocycles. The Hall–Kier alpha value is -2.15. The van der Waals surface area contributed by atoms with Crippen LogP contribution in [-0.4, -0.2) is 51.1 Å². The fourth-order valence-electron chi connectivity index (χ4n) is 2.33. The fourth-order valence-corrected chi connectivity index (χ4v) is 2.33. The van der Waals surface area contributed by atoms with Crippen LogP contribution in [0.15, 0.2) is 23.5 Å². The Morgan fingerprint density at radius 2 is 2.30 bits per heavy atom. The molecule has 4 N–H and O–H groups in total. The van der Waals surface area contributed by atoms with E-state index in [9.17, 15) is 9.90 Å². The Morgan fingerprint density at radius 3 is 2.90 bits per heavy atom. The molecule has 1 aromatic heterocycles. The molecule has 1 aliphatic heterocycles. The molecule has 20 heavy (non-hydrogen) atoms. The van der Waals surface area contributed by atoms with Gasteiger partial charge >= 0.3 is 0 Å². The predicted octanol–water partition coefficient (Wildman–Crippen LogP) is 0.163. The van der Waals surface area contributed by atoms with Crippen molar-refractivity contribution in [3.8, 4) is 0 Å². The lowest BCUT2D eigenvalue weighted by molar-refractivity contribution is 0.0497. The minimum Gasteiger partial charge on any atom is -0.409 e. The van der Waals surface area contributed by atoms with Gasteiger partial charge in [-0.3, -0.25) is 9.78 Å². The number of aliphatic hydroxyl groups excluding tert-OH is 1. The molecule has 2 rings (SSSR count). The van der Waals surface area contributed by atoms with E-state index in [1.54, 1.807) is 17.0 Å². The first-order chi connectivity index (χ1) is 9.67. The number of piperidine rings is 1. The number of pyridine rings is 1. The first-order valence-corrected chi connectivity index (χ1v) is 6.53. The lowest BCUT2D eigenvalue weighted by Crippen LogP contribution is -2.45. The first kappa shape index (κ1) is 14.3. The van der Waals surface area contributed by atoms with Gasteiger partial charge in [0.05, 0.1) is 12.6 Å². The fraction of sp³-hybridized carbons (Fsp3) is 0.462. The van der Waals surface area contributed by atoms with E-state index in [-0.39, 0.29) is 24.4 Å². The van der Waals surface area contributed by atoms with Crippen LogP contribution >= 0.6 is 0 Å². The summed E-state index contributed by atoms with van der Waals surface area (Å²) in [5, 5.41) is 20.8. The molecule has 0 saturated carbocycles. The number of hydrogen-bond acceptors (Lipinski definition) is 5. The van der Waals surface area contributed by atoms with Gasteiger partial charge in [-0.2, -0.15) is 0 Å². The van der Waals surface area contributed by atoms with Crippen molar-refractivity contribution in [3.05, 3.63) is 29.6 Å². The zero-order chi connectivity index (χ0) is 14.5. The van der Waals surface area contributed by atoms with Crippen LogP contribution in [0.5, 0.6) is 0 Å². The minimum atomic E-state index is -0.199. The van der Waals surface area contributed by atoms with E-state index in [2.05, 4.69) is 10.1 Å². The number of oxime groups is 1. The van der Waals surface area contributed by atoms with E-state index in [0.29, 0.717) is 17.8 Å². The average Bonchev–Trinajstić information content (AvgIpc) is 2.53. The second kappa shape index (κ2) is 6.33. The third-order valence-electron chi connectivity index (χ3n) is 3.48. The van der Waals surface area contributed by atoms with E-state index < -0.39 is 0 Å². The van der Waals surface area contributed by atoms with Crippen molar-refractivity contribution in [3.63, 3.8) is 0 Å². The Morgan fingerprint density at radius 1 is 1.50 bits per heavy atom. The summed E-state index contributed by atoms with van der Waals surface area (Å²) in [5.41, 5.74) is 6.18. The SMILES string of the molecule is NC(=NO)c1ccc(C(=O)N2CCCCC2CO)nc1. The highest BCUT2D eigenvalue weighted by atomic mass is 16.4. The number of aliphatic hydroxyl groups is 1. The van der Waals surface area contributed by atoms with Crippen LogP contribution in [0, 0.1) is 0 Å². The number of amidine groups is 1. The van der Waals surface area contributed by atoms with E-state index in [1.165, 1.54) is 6.20 Å². The third kappa shape index (κ3) is 2.88. The lowest BCUT2D eigenvalue weighted by Gasteiger charge is -2.34. The van der Waals surface area contributed by atoms with Gasteiger partial charge in [0, 0.05) is 18.3 Å². The summed E-state index contributed by atoms with van der Waals surface area (Å²) in [6.45, 7) is 0.599. The summed E-state index contributed by atoms with van der Waals surface area (Å²) in [5.74, 6) is -0.252. The number of aromatic nitrogens is 1. The molecule has 0 aliphatic carbocycles. The Labute approximate surface area is 116 Å². The standard InChI is InChI=1S/C13H18N4O3/c14-12(16-20)9-4-5-11(15-7-9)13(19)17-6-2-1-3-10(17)8-18/h4-5,7,10,18,20H,1-3,6,8H2,(H2,14,16). The maximum atomic E-state index is 12.4. The van der Waals surface area contributed by atoms with Gasteiger partial charge in [0.25, 0.3) is 5.91 Å². The number of amides is 1. The van der Waals surface area contributed by atoms with Gasteiger partial charge < -0.3 is 20.9 Å². The predicted molar refractivity (Wildman–Crippen MR) is 72.5 cm³/mol. The van der Waals surface area contributed by atoms with Gasteiger partial charge in [-0.25, -0.2) is 0 Å². The maximum absolute atomic E-state index is 12.4. The number of nitrogens with zero attached hydrogens (tertiary/aromatic N) is 3. The third-order valence-corrected chi connectivity index (χ3v) is 3.48. The zero-order valence-electron chi connectivity index (χ0n) is 11.1. The highest BCUT2D eigenvalue weighted by Gasteiger charge is 2.27. The molecule has 7 heteroatoms. The van der Waals surface area contributed by atoms with Gasteiger partial charge in [0.1, 0.15) is 5.69 Å². The highest BCUT2D eigenvalue weighted by molar-refractivity contribution is 5.98. The smallest absolute Gasteiger partial charge is 0.272 e. The van der Waals surface area contributed by atoms with Crippen LogP contribution in [0.3, 0.4) is 0 Å². The molecule has 1 unspecified atom stereocenters. The minimum absolute atomic E-state index is 0.0338. The topological polar surface area (TPSA) is 112 Å². The molecule has 1 saturated heterocycles. The maximum Gasteiger partial charge on any atom is 0.272 e. The molecule has 1 aromatic rings. The second-order valence-electron chi connectivity index (χ2n) is 4.75. The van der Waals surface area contributed by atoms with Gasteiger partial charge in [-0.1, -0.05) is 5.16 Å². The van der Waals surface area contributed by atoms with E-state index in [4.69, 9.17) is 10.9 Å². The number of likely N-dealkylation sites (tertiary alicyclic amines) is 1. The number of nitrogens with two attached hydrogens (primary N) is 1. The van der Waals surface area contributed by atoms with E-state index in [0.717, 1.165) is 19.3 Å². The molecular formula is C13H18N4O3. The molecule has 0 spiro atoms. The summed E-state index contributed by atoms with van der Waals surface area (Å²) >= 11 is 0. The Bertz CT molecular complexity index is 501. The normalized spacial score (nSPS) is 19.9. The number of hydrogen-bond donors (Lipinski definition) is 3. The van der Waals surface area contributed by atoms with Crippen molar-refractivity contribution in [1.29, 1.82) is 0 Å². The van der Waals surface area contributed by atoms with Crippen LogP contribution in [-0.2, 0) is 0 Å². The first-order valence-electron chi connectivity index (χ1n) is 6.53. The van der Waals surface area contributed by atoms with Crippen molar-refractivity contribution in [2.45, 2.75) is 25.3 Å². The molecule has 7 nitrogen and oxygen atoms in total. The van der Waals surface area contributed by atoms with Crippen LogP contribution in [0.4, 0.5) is 0 Å². The summed E-state index contributed by atoms with van der Waals surface area (Å²) in [4.78, 5) is 18.1. The summed E-state index contributed by atoms with van der Waals surface area (Å²) < 4.78 is 0. The van der Waals surface area contributed by atoms with Crippen LogP contribution in [0.25, 0.3) is 0 Å². The van der Waals surface area contributed by atoms with Crippen molar-refractivity contribution < 1.29 is 15.1 Å². The van der Waals surface area contributed by atoms with Crippen LogP contribution in [0.1, 0.15) is 35.3 Å². The van der Waals surface area contributed by atoms with Crippen LogP contribution < -0.4 is 5.73 Å². The van der Waals surface area contributed by atoms with E-state index >= 15 is 0 Å². The monoisotopic (exact) mass is 278 g/mol.